The molecule has 2 heteroatoms. The molecule has 0 aliphatic heterocycles. The molecule has 0 aliphatic rings. The molecule has 244 valence electrons. The van der Waals surface area contributed by atoms with E-state index in [-0.39, 0.29) is 16.9 Å². The lowest BCUT2D eigenvalue weighted by Crippen LogP contribution is -2.11. The molecule has 0 bridgehead atoms. The van der Waals surface area contributed by atoms with Crippen molar-refractivity contribution in [2.45, 2.75) is 0 Å². The van der Waals surface area contributed by atoms with E-state index >= 15 is 0 Å². The van der Waals surface area contributed by atoms with Crippen molar-refractivity contribution in [2.75, 3.05) is 4.90 Å². The van der Waals surface area contributed by atoms with E-state index in [0.29, 0.717) is 38.6 Å². The Morgan fingerprint density at radius 1 is 0.404 bits per heavy atom. The van der Waals surface area contributed by atoms with Crippen LogP contribution in [0.15, 0.2) is 204 Å². The minimum absolute atomic E-state index is 0.0201. The maximum Gasteiger partial charge on any atom is 0.136 e. The Hall–Kier alpha value is -6.90. The van der Waals surface area contributed by atoms with Crippen LogP contribution >= 0.6 is 0 Å². The lowest BCUT2D eigenvalue weighted by Gasteiger charge is -2.28. The molecule has 1 heterocycles. The largest absolute Gasteiger partial charge is 0.456 e. The summed E-state index contributed by atoms with van der Waals surface area (Å²) in [6.07, 6.45) is 0. The minimum Gasteiger partial charge on any atom is -0.456 e. The molecular formula is C50H33NO. The van der Waals surface area contributed by atoms with Gasteiger partial charge in [0.1, 0.15) is 11.2 Å². The van der Waals surface area contributed by atoms with Crippen molar-refractivity contribution >= 4 is 60.5 Å². The maximum atomic E-state index is 9.70. The number of para-hydroxylation sites is 1. The molecule has 0 amide bonds. The molecule has 0 unspecified atom stereocenters. The van der Waals surface area contributed by atoms with E-state index in [0.717, 1.165) is 21.5 Å². The van der Waals surface area contributed by atoms with Crippen LogP contribution in [0.25, 0.3) is 76.9 Å². The summed E-state index contributed by atoms with van der Waals surface area (Å²) in [5.74, 6) is 0. The number of furan rings is 1. The first-order valence-corrected chi connectivity index (χ1v) is 16.7. The van der Waals surface area contributed by atoms with E-state index in [2.05, 4.69) is 0 Å². The molecular weight excluding hydrogens is 631 g/mol. The van der Waals surface area contributed by atoms with Gasteiger partial charge in [0.15, 0.2) is 0 Å². The van der Waals surface area contributed by atoms with E-state index in [4.69, 9.17) is 11.3 Å². The van der Waals surface area contributed by atoms with Crippen molar-refractivity contribution in [1.29, 1.82) is 0 Å². The minimum atomic E-state index is -0.751. The first-order valence-electron chi connectivity index (χ1n) is 23.2. The number of hydrogen-bond donors (Lipinski definition) is 0. The molecule has 0 atom stereocenters. The zero-order valence-electron chi connectivity index (χ0n) is 40.4. The molecule has 52 heavy (non-hydrogen) atoms. The van der Waals surface area contributed by atoms with Gasteiger partial charge in [-0.2, -0.15) is 0 Å². The highest BCUT2D eigenvalue weighted by atomic mass is 16.3. The SMILES string of the molecule is [2H]c1c([2H])c([2H])c(-c2c([2H])c([2H])c(N(c3ccccc3-c3cccc4oc5cc6ccccc6cc5c34)c3c([2H])c([2H])c(-c4cccc5ccccc45)c([2H])c3[2H])c([2H])c2[2H])c([2H])c1[2H]. The lowest BCUT2D eigenvalue weighted by atomic mass is 9.95. The van der Waals surface area contributed by atoms with Crippen LogP contribution in [0, 0.1) is 0 Å². The number of anilines is 3. The van der Waals surface area contributed by atoms with E-state index in [1.807, 2.05) is 78.9 Å². The summed E-state index contributed by atoms with van der Waals surface area (Å²) in [6.45, 7) is 0. The van der Waals surface area contributed by atoms with Crippen molar-refractivity contribution in [1.82, 2.24) is 0 Å². The number of hydrogen-bond acceptors (Lipinski definition) is 2. The highest BCUT2D eigenvalue weighted by molar-refractivity contribution is 6.16. The van der Waals surface area contributed by atoms with Gasteiger partial charge in [-0.05, 0) is 97.8 Å². The molecule has 2 nitrogen and oxygen atoms in total. The summed E-state index contributed by atoms with van der Waals surface area (Å²) in [7, 11) is 0. The average molecular weight is 677 g/mol. The molecule has 0 aliphatic carbocycles. The summed E-state index contributed by atoms with van der Waals surface area (Å²) in [6, 6.07) is 28.5. The predicted molar refractivity (Wildman–Crippen MR) is 220 cm³/mol. The third-order valence-electron chi connectivity index (χ3n) is 9.28. The molecule has 0 saturated carbocycles. The zero-order valence-corrected chi connectivity index (χ0v) is 27.4. The molecule has 10 aromatic rings. The Morgan fingerprint density at radius 3 is 1.77 bits per heavy atom. The summed E-state index contributed by atoms with van der Waals surface area (Å²) in [5, 5.41) is 4.94. The lowest BCUT2D eigenvalue weighted by molar-refractivity contribution is 0.669. The van der Waals surface area contributed by atoms with Crippen LogP contribution < -0.4 is 4.90 Å². The molecule has 0 saturated heterocycles. The molecule has 0 N–H and O–H groups in total. The number of fused-ring (bicyclic) bond motifs is 5. The van der Waals surface area contributed by atoms with Gasteiger partial charge >= 0.3 is 0 Å². The second-order valence-electron chi connectivity index (χ2n) is 12.3. The second-order valence-corrected chi connectivity index (χ2v) is 12.3. The van der Waals surface area contributed by atoms with Gasteiger partial charge < -0.3 is 9.32 Å². The smallest absolute Gasteiger partial charge is 0.136 e. The normalized spacial score (nSPS) is 15.0. The number of rotatable bonds is 6. The van der Waals surface area contributed by atoms with Crippen LogP contribution in [0.1, 0.15) is 17.8 Å². The molecule has 0 spiro atoms. The van der Waals surface area contributed by atoms with Crippen molar-refractivity contribution < 1.29 is 22.2 Å². The quantitative estimate of drug-likeness (QED) is 0.174. The standard InChI is InChI=1S/C50H33NO/c1-2-12-34(13-3-1)35-24-28-40(29-25-35)51(41-30-26-37(27-31-41)43-20-10-17-36-14-6-7-18-42(36)43)47-22-9-8-19-44(47)45-21-11-23-48-50(45)46-32-38-15-4-5-16-39(38)33-49(46)52-48/h1-33H/i1D,2D,3D,12D,13D,24D,25D,26D,27D,28D,29D,30D,31D. The fourth-order valence-corrected chi connectivity index (χ4v) is 6.90. The Morgan fingerprint density at radius 2 is 0.981 bits per heavy atom. The average Bonchev–Trinajstić information content (AvgIpc) is 3.69. The van der Waals surface area contributed by atoms with Gasteiger partial charge in [-0.25, -0.2) is 0 Å². The van der Waals surface area contributed by atoms with Crippen LogP contribution in [0.3, 0.4) is 0 Å². The topological polar surface area (TPSA) is 16.4 Å². The van der Waals surface area contributed by atoms with Crippen LogP contribution in [-0.2, 0) is 0 Å². The highest BCUT2D eigenvalue weighted by Gasteiger charge is 2.21. The second kappa shape index (κ2) is 12.5. The van der Waals surface area contributed by atoms with Crippen molar-refractivity contribution in [3.8, 4) is 33.4 Å². The zero-order chi connectivity index (χ0) is 45.7. The Kier molecular flexibility index (Phi) is 4.67. The van der Waals surface area contributed by atoms with Gasteiger partial charge in [0, 0.05) is 27.7 Å². The van der Waals surface area contributed by atoms with E-state index in [9.17, 15) is 11.0 Å². The summed E-state index contributed by atoms with van der Waals surface area (Å²) < 4.78 is 125. The number of nitrogens with zero attached hydrogens (tertiary/aromatic N) is 1. The molecule has 1 aromatic heterocycles. The van der Waals surface area contributed by atoms with Crippen LogP contribution in [0.5, 0.6) is 0 Å². The van der Waals surface area contributed by atoms with Crippen LogP contribution in [0.2, 0.25) is 0 Å². The molecule has 0 radical (unpaired) electrons. The van der Waals surface area contributed by atoms with Gasteiger partial charge in [0.05, 0.1) is 23.5 Å². The van der Waals surface area contributed by atoms with Crippen molar-refractivity contribution in [2.24, 2.45) is 0 Å². The summed E-state index contributed by atoms with van der Waals surface area (Å²) >= 11 is 0. The molecule has 0 fully saturated rings. The fraction of sp³-hybridized carbons (Fsp3) is 0. The third kappa shape index (κ3) is 5.12. The maximum absolute atomic E-state index is 9.70. The Balaban J connectivity index is 1.31. The predicted octanol–water partition coefficient (Wildman–Crippen LogP) is 14.4. The summed E-state index contributed by atoms with van der Waals surface area (Å²) in [5.41, 5.74) is 0.982. The van der Waals surface area contributed by atoms with Crippen LogP contribution in [0.4, 0.5) is 17.1 Å². The van der Waals surface area contributed by atoms with E-state index in [1.165, 1.54) is 4.90 Å². The van der Waals surface area contributed by atoms with Crippen LogP contribution in [-0.4, -0.2) is 0 Å². The molecule has 10 rings (SSSR count). The first-order chi connectivity index (χ1) is 31.2. The van der Waals surface area contributed by atoms with Crippen molar-refractivity contribution in [3.63, 3.8) is 0 Å². The third-order valence-corrected chi connectivity index (χ3v) is 9.28. The Labute approximate surface area is 320 Å². The van der Waals surface area contributed by atoms with Gasteiger partial charge in [0.25, 0.3) is 0 Å². The monoisotopic (exact) mass is 676 g/mol. The van der Waals surface area contributed by atoms with Gasteiger partial charge in [-0.15, -0.1) is 0 Å². The summed E-state index contributed by atoms with van der Waals surface area (Å²) in [4.78, 5) is 1.21. The van der Waals surface area contributed by atoms with E-state index in [1.54, 1.807) is 42.5 Å². The first kappa shape index (κ1) is 19.5. The van der Waals surface area contributed by atoms with E-state index < -0.39 is 95.4 Å². The number of benzene rings is 9. The highest BCUT2D eigenvalue weighted by Crippen LogP contribution is 2.45. The van der Waals surface area contributed by atoms with Gasteiger partial charge in [0.2, 0.25) is 0 Å². The fourth-order valence-electron chi connectivity index (χ4n) is 6.90. The van der Waals surface area contributed by atoms with Gasteiger partial charge in [-0.1, -0.05) is 151 Å². The van der Waals surface area contributed by atoms with Crippen molar-refractivity contribution in [3.05, 3.63) is 200 Å². The Bertz CT molecular complexity index is 3580. The molecule has 9 aromatic carbocycles. The van der Waals surface area contributed by atoms with Gasteiger partial charge in [-0.3, -0.25) is 0 Å².